The predicted molar refractivity (Wildman–Crippen MR) is 133 cm³/mol. The fourth-order valence-corrected chi connectivity index (χ4v) is 5.13. The number of carbonyl (C=O) groups excluding carboxylic acids is 2. The van der Waals surface area contributed by atoms with E-state index < -0.39 is 34.5 Å². The molecule has 1 saturated carbocycles. The lowest BCUT2D eigenvalue weighted by Crippen LogP contribution is -2.53. The molecule has 0 heterocycles. The Morgan fingerprint density at radius 3 is 2.20 bits per heavy atom. The number of hydrogen-bond acceptors (Lipinski definition) is 4. The summed E-state index contributed by atoms with van der Waals surface area (Å²) in [5, 5.41) is 3.01. The number of nitrogens with zero attached hydrogens (tertiary/aromatic N) is 3. The van der Waals surface area contributed by atoms with Gasteiger partial charge < -0.3 is 10.2 Å². The Bertz CT molecular complexity index is 1100. The summed E-state index contributed by atoms with van der Waals surface area (Å²) in [5.41, 5.74) is 0.960. The van der Waals surface area contributed by atoms with Crippen molar-refractivity contribution in [3.8, 4) is 0 Å². The van der Waals surface area contributed by atoms with E-state index in [-0.39, 0.29) is 18.5 Å². The molecule has 190 valence electrons. The fourth-order valence-electron chi connectivity index (χ4n) is 4.07. The van der Waals surface area contributed by atoms with Crippen molar-refractivity contribution in [3.05, 3.63) is 66.0 Å². The smallest absolute Gasteiger partial charge is 0.304 e. The van der Waals surface area contributed by atoms with E-state index in [1.165, 1.54) is 31.1 Å². The molecule has 0 bridgehead atoms. The minimum Gasteiger partial charge on any atom is -0.352 e. The average molecular weight is 505 g/mol. The molecule has 0 aromatic heterocycles. The normalized spacial score (nSPS) is 15.1. The van der Waals surface area contributed by atoms with Gasteiger partial charge in [-0.3, -0.25) is 9.59 Å². The Kier molecular flexibility index (Phi) is 8.85. The van der Waals surface area contributed by atoms with Gasteiger partial charge in [0.1, 0.15) is 18.4 Å². The fraction of sp³-hybridized carbons (Fsp3) is 0.440. The van der Waals surface area contributed by atoms with Gasteiger partial charge in [0.25, 0.3) is 0 Å². The third kappa shape index (κ3) is 6.79. The molecule has 0 aliphatic heterocycles. The maximum atomic E-state index is 13.6. The van der Waals surface area contributed by atoms with Crippen LogP contribution in [0.3, 0.4) is 0 Å². The van der Waals surface area contributed by atoms with Crippen LogP contribution in [-0.4, -0.2) is 62.2 Å². The molecular weight excluding hydrogens is 471 g/mol. The van der Waals surface area contributed by atoms with Crippen LogP contribution in [0.5, 0.6) is 0 Å². The van der Waals surface area contributed by atoms with Crippen LogP contribution in [-0.2, 0) is 26.3 Å². The minimum absolute atomic E-state index is 0.0308. The summed E-state index contributed by atoms with van der Waals surface area (Å²) in [6.45, 7) is 1.16. The van der Waals surface area contributed by atoms with Crippen molar-refractivity contribution >= 4 is 27.7 Å². The van der Waals surface area contributed by atoms with Crippen LogP contribution in [0.15, 0.2) is 54.6 Å². The summed E-state index contributed by atoms with van der Waals surface area (Å²) in [7, 11) is -1.21. The van der Waals surface area contributed by atoms with Crippen molar-refractivity contribution in [2.75, 3.05) is 24.9 Å². The highest BCUT2D eigenvalue weighted by Gasteiger charge is 2.33. The van der Waals surface area contributed by atoms with E-state index in [0.717, 1.165) is 34.3 Å². The SMILES string of the molecule is CC(C(=O)NC1CCCC1)N(Cc1ccc(F)cc1)C(=O)CN(c1ccccc1)S(=O)(=O)N(C)C. The Morgan fingerprint density at radius 1 is 1.03 bits per heavy atom. The van der Waals surface area contributed by atoms with Gasteiger partial charge in [-0.25, -0.2) is 8.70 Å². The molecule has 3 rings (SSSR count). The molecule has 1 unspecified atom stereocenters. The molecule has 8 nitrogen and oxygen atoms in total. The van der Waals surface area contributed by atoms with Crippen LogP contribution >= 0.6 is 0 Å². The maximum absolute atomic E-state index is 13.6. The molecule has 1 atom stereocenters. The van der Waals surface area contributed by atoms with Gasteiger partial charge in [0.15, 0.2) is 0 Å². The number of amides is 2. The standard InChI is InChI=1S/C25H33FN4O4S/c1-19(25(32)27-22-9-7-8-10-22)29(17-20-13-15-21(26)16-14-20)24(31)18-30(35(33,34)28(2)3)23-11-5-4-6-12-23/h4-6,11-16,19,22H,7-10,17-18H2,1-3H3,(H,27,32). The number of carbonyl (C=O) groups is 2. The van der Waals surface area contributed by atoms with Gasteiger partial charge in [0, 0.05) is 26.7 Å². The van der Waals surface area contributed by atoms with Gasteiger partial charge in [0.05, 0.1) is 5.69 Å². The highest BCUT2D eigenvalue weighted by Crippen LogP contribution is 2.21. The highest BCUT2D eigenvalue weighted by atomic mass is 32.2. The van der Waals surface area contributed by atoms with Gasteiger partial charge in [0.2, 0.25) is 11.8 Å². The van der Waals surface area contributed by atoms with Crippen LogP contribution in [0.4, 0.5) is 10.1 Å². The average Bonchev–Trinajstić information content (AvgIpc) is 3.35. The molecule has 10 heteroatoms. The van der Waals surface area contributed by atoms with E-state index in [1.807, 2.05) is 0 Å². The molecule has 1 fully saturated rings. The zero-order valence-electron chi connectivity index (χ0n) is 20.4. The van der Waals surface area contributed by atoms with Crippen LogP contribution < -0.4 is 9.62 Å². The molecule has 1 N–H and O–H groups in total. The number of hydrogen-bond donors (Lipinski definition) is 1. The first-order valence-corrected chi connectivity index (χ1v) is 13.1. The van der Waals surface area contributed by atoms with E-state index in [2.05, 4.69) is 5.32 Å². The van der Waals surface area contributed by atoms with Crippen LogP contribution in [0, 0.1) is 5.82 Å². The van der Waals surface area contributed by atoms with Gasteiger partial charge in [-0.05, 0) is 49.6 Å². The van der Waals surface area contributed by atoms with Crippen molar-refractivity contribution in [3.63, 3.8) is 0 Å². The monoisotopic (exact) mass is 504 g/mol. The number of halogens is 1. The third-order valence-corrected chi connectivity index (χ3v) is 8.02. The van der Waals surface area contributed by atoms with Gasteiger partial charge in [-0.2, -0.15) is 12.7 Å². The summed E-state index contributed by atoms with van der Waals surface area (Å²) >= 11 is 0. The minimum atomic E-state index is -3.99. The molecule has 2 aromatic rings. The van der Waals surface area contributed by atoms with Crippen molar-refractivity contribution in [1.29, 1.82) is 0 Å². The van der Waals surface area contributed by atoms with E-state index in [0.29, 0.717) is 11.3 Å². The van der Waals surface area contributed by atoms with Crippen LogP contribution in [0.25, 0.3) is 0 Å². The third-order valence-electron chi connectivity index (χ3n) is 6.20. The Hall–Kier alpha value is -2.98. The lowest BCUT2D eigenvalue weighted by Gasteiger charge is -2.33. The molecule has 2 amide bonds. The van der Waals surface area contributed by atoms with E-state index in [9.17, 15) is 22.4 Å². The van der Waals surface area contributed by atoms with Gasteiger partial charge >= 0.3 is 10.2 Å². The van der Waals surface area contributed by atoms with E-state index in [4.69, 9.17) is 0 Å². The molecule has 0 saturated heterocycles. The highest BCUT2D eigenvalue weighted by molar-refractivity contribution is 7.90. The number of benzene rings is 2. The summed E-state index contributed by atoms with van der Waals surface area (Å²) in [6.07, 6.45) is 3.89. The van der Waals surface area contributed by atoms with Crippen molar-refractivity contribution in [2.24, 2.45) is 0 Å². The molecule has 35 heavy (non-hydrogen) atoms. The summed E-state index contributed by atoms with van der Waals surface area (Å²) in [4.78, 5) is 28.0. The largest absolute Gasteiger partial charge is 0.352 e. The summed E-state index contributed by atoms with van der Waals surface area (Å²) in [5.74, 6) is -1.25. The lowest BCUT2D eigenvalue weighted by molar-refractivity contribution is -0.139. The van der Waals surface area contributed by atoms with Gasteiger partial charge in [-0.15, -0.1) is 0 Å². The molecular formula is C25H33FN4O4S. The zero-order valence-corrected chi connectivity index (χ0v) is 21.2. The Morgan fingerprint density at radius 2 is 1.63 bits per heavy atom. The number of nitrogens with one attached hydrogen (secondary N) is 1. The molecule has 0 radical (unpaired) electrons. The maximum Gasteiger partial charge on any atom is 0.304 e. The van der Waals surface area contributed by atoms with Crippen molar-refractivity contribution in [2.45, 2.75) is 51.2 Å². The van der Waals surface area contributed by atoms with Crippen LogP contribution in [0.2, 0.25) is 0 Å². The van der Waals surface area contributed by atoms with Crippen molar-refractivity contribution in [1.82, 2.24) is 14.5 Å². The molecule has 1 aliphatic rings. The molecule has 2 aromatic carbocycles. The van der Waals surface area contributed by atoms with Crippen molar-refractivity contribution < 1.29 is 22.4 Å². The first-order valence-electron chi connectivity index (χ1n) is 11.7. The topological polar surface area (TPSA) is 90.0 Å². The Labute approximate surface area is 206 Å². The van der Waals surface area contributed by atoms with E-state index >= 15 is 0 Å². The molecule has 0 spiro atoms. The van der Waals surface area contributed by atoms with E-state index in [1.54, 1.807) is 49.4 Å². The second-order valence-electron chi connectivity index (χ2n) is 8.95. The zero-order chi connectivity index (χ0) is 25.6. The van der Waals surface area contributed by atoms with Gasteiger partial charge in [-0.1, -0.05) is 43.2 Å². The molecule has 1 aliphatic carbocycles. The number of para-hydroxylation sites is 1. The summed E-state index contributed by atoms with van der Waals surface area (Å²) in [6, 6.07) is 13.2. The first-order chi connectivity index (χ1) is 16.6. The van der Waals surface area contributed by atoms with Crippen LogP contribution in [0.1, 0.15) is 38.2 Å². The predicted octanol–water partition coefficient (Wildman–Crippen LogP) is 2.91. The summed E-state index contributed by atoms with van der Waals surface area (Å²) < 4.78 is 41.7. The quantitative estimate of drug-likeness (QED) is 0.539. The second kappa shape index (κ2) is 11.6. The first kappa shape index (κ1) is 26.6. The number of rotatable bonds is 10. The lowest BCUT2D eigenvalue weighted by atomic mass is 10.1. The second-order valence-corrected chi connectivity index (χ2v) is 11.0. The Balaban J connectivity index is 1.89. The number of anilines is 1.